The Morgan fingerprint density at radius 1 is 1.08 bits per heavy atom. The van der Waals surface area contributed by atoms with Crippen molar-refractivity contribution in [1.82, 2.24) is 0 Å². The highest BCUT2D eigenvalue weighted by atomic mass is 16.5. The Morgan fingerprint density at radius 3 is 2.48 bits per heavy atom. The Kier molecular flexibility index (Phi) is 5.56. The Hall–Kier alpha value is -2.53. The van der Waals surface area contributed by atoms with E-state index in [1.54, 1.807) is 0 Å². The molecule has 2 aromatic rings. The molecule has 1 saturated heterocycles. The van der Waals surface area contributed by atoms with Crippen molar-refractivity contribution in [3.63, 3.8) is 0 Å². The lowest BCUT2D eigenvalue weighted by molar-refractivity contribution is -0.118. The summed E-state index contributed by atoms with van der Waals surface area (Å²) in [6.07, 6.45) is 0. The summed E-state index contributed by atoms with van der Waals surface area (Å²) >= 11 is 0. The summed E-state index contributed by atoms with van der Waals surface area (Å²) in [5, 5.41) is 2.86. The van der Waals surface area contributed by atoms with Crippen molar-refractivity contribution in [2.24, 2.45) is 0 Å². The smallest absolute Gasteiger partial charge is 0.262 e. The first-order valence-corrected chi connectivity index (χ1v) is 8.54. The number of rotatable bonds is 5. The molecule has 132 valence electrons. The maximum atomic E-state index is 12.1. The van der Waals surface area contributed by atoms with Crippen LogP contribution in [0.15, 0.2) is 42.5 Å². The zero-order valence-electron chi connectivity index (χ0n) is 14.7. The van der Waals surface area contributed by atoms with Gasteiger partial charge < -0.3 is 19.7 Å². The number of amides is 1. The van der Waals surface area contributed by atoms with E-state index in [9.17, 15) is 4.79 Å². The van der Waals surface area contributed by atoms with Crippen LogP contribution in [0.25, 0.3) is 0 Å². The summed E-state index contributed by atoms with van der Waals surface area (Å²) in [4.78, 5) is 14.3. The fourth-order valence-electron chi connectivity index (χ4n) is 2.73. The van der Waals surface area contributed by atoms with Crippen LogP contribution < -0.4 is 15.0 Å². The number of carbonyl (C=O) groups excluding carboxylic acids is 1. The lowest BCUT2D eigenvalue weighted by Crippen LogP contribution is -2.36. The quantitative estimate of drug-likeness (QED) is 0.908. The Morgan fingerprint density at radius 2 is 1.80 bits per heavy atom. The third-order valence-corrected chi connectivity index (χ3v) is 4.38. The van der Waals surface area contributed by atoms with Crippen LogP contribution in [0.2, 0.25) is 0 Å². The van der Waals surface area contributed by atoms with Crippen molar-refractivity contribution >= 4 is 17.3 Å². The van der Waals surface area contributed by atoms with Crippen LogP contribution in [0.5, 0.6) is 5.75 Å². The summed E-state index contributed by atoms with van der Waals surface area (Å²) in [6, 6.07) is 13.7. The van der Waals surface area contributed by atoms with Crippen molar-refractivity contribution in [2.75, 3.05) is 43.1 Å². The number of hydrogen-bond donors (Lipinski definition) is 1. The zero-order chi connectivity index (χ0) is 17.6. The van der Waals surface area contributed by atoms with E-state index >= 15 is 0 Å². The van der Waals surface area contributed by atoms with Gasteiger partial charge in [0.05, 0.1) is 13.2 Å². The number of morpholine rings is 1. The highest BCUT2D eigenvalue weighted by Crippen LogP contribution is 2.19. The highest BCUT2D eigenvalue weighted by molar-refractivity contribution is 5.92. The van der Waals surface area contributed by atoms with Gasteiger partial charge in [0.1, 0.15) is 5.75 Å². The summed E-state index contributed by atoms with van der Waals surface area (Å²) < 4.78 is 10.9. The van der Waals surface area contributed by atoms with Crippen LogP contribution in [0.1, 0.15) is 11.1 Å². The molecule has 0 aliphatic carbocycles. The first kappa shape index (κ1) is 17.3. The largest absolute Gasteiger partial charge is 0.484 e. The molecule has 0 unspecified atom stereocenters. The second-order valence-electron chi connectivity index (χ2n) is 6.23. The van der Waals surface area contributed by atoms with Crippen molar-refractivity contribution in [2.45, 2.75) is 13.8 Å². The van der Waals surface area contributed by atoms with E-state index < -0.39 is 0 Å². The Bertz CT molecular complexity index is 722. The fraction of sp³-hybridized carbons (Fsp3) is 0.350. The van der Waals surface area contributed by atoms with Gasteiger partial charge in [-0.05, 0) is 61.4 Å². The number of nitrogens with zero attached hydrogens (tertiary/aromatic N) is 1. The minimum Gasteiger partial charge on any atom is -0.484 e. The lowest BCUT2D eigenvalue weighted by atomic mass is 10.1. The second-order valence-corrected chi connectivity index (χ2v) is 6.23. The Balaban J connectivity index is 1.51. The molecule has 0 radical (unpaired) electrons. The van der Waals surface area contributed by atoms with E-state index in [1.807, 2.05) is 56.3 Å². The number of aryl methyl sites for hydroxylation is 2. The molecule has 5 heteroatoms. The average Bonchev–Trinajstić information content (AvgIpc) is 2.64. The van der Waals surface area contributed by atoms with E-state index in [1.165, 1.54) is 5.56 Å². The van der Waals surface area contributed by atoms with E-state index in [2.05, 4.69) is 10.2 Å². The van der Waals surface area contributed by atoms with E-state index in [4.69, 9.17) is 9.47 Å². The topological polar surface area (TPSA) is 50.8 Å². The zero-order valence-corrected chi connectivity index (χ0v) is 14.7. The van der Waals surface area contributed by atoms with Crippen molar-refractivity contribution in [3.05, 3.63) is 53.6 Å². The van der Waals surface area contributed by atoms with Gasteiger partial charge in [-0.2, -0.15) is 0 Å². The van der Waals surface area contributed by atoms with Gasteiger partial charge in [0, 0.05) is 24.5 Å². The molecule has 0 saturated carbocycles. The first-order valence-electron chi connectivity index (χ1n) is 8.54. The molecular weight excluding hydrogens is 316 g/mol. The van der Waals surface area contributed by atoms with Gasteiger partial charge in [-0.1, -0.05) is 6.07 Å². The fourth-order valence-corrected chi connectivity index (χ4v) is 2.73. The molecule has 25 heavy (non-hydrogen) atoms. The summed E-state index contributed by atoms with van der Waals surface area (Å²) in [7, 11) is 0. The monoisotopic (exact) mass is 340 g/mol. The van der Waals surface area contributed by atoms with Gasteiger partial charge in [-0.25, -0.2) is 0 Å². The number of nitrogens with one attached hydrogen (secondary N) is 1. The van der Waals surface area contributed by atoms with Crippen molar-refractivity contribution in [1.29, 1.82) is 0 Å². The van der Waals surface area contributed by atoms with Gasteiger partial charge in [0.2, 0.25) is 0 Å². The molecule has 0 bridgehead atoms. The summed E-state index contributed by atoms with van der Waals surface area (Å²) in [6.45, 7) is 7.38. The van der Waals surface area contributed by atoms with Crippen LogP contribution in [0.3, 0.4) is 0 Å². The van der Waals surface area contributed by atoms with Crippen LogP contribution >= 0.6 is 0 Å². The third kappa shape index (κ3) is 4.73. The molecule has 1 N–H and O–H groups in total. The third-order valence-electron chi connectivity index (χ3n) is 4.38. The summed E-state index contributed by atoms with van der Waals surface area (Å²) in [5.74, 6) is 0.540. The molecule has 2 aromatic carbocycles. The predicted molar refractivity (Wildman–Crippen MR) is 99.5 cm³/mol. The normalized spacial score (nSPS) is 14.2. The SMILES string of the molecule is Cc1ccc(OCC(=O)Nc2ccc(N3CCOCC3)cc2)cc1C. The molecule has 1 aliphatic heterocycles. The van der Waals surface area contributed by atoms with Gasteiger partial charge in [-0.15, -0.1) is 0 Å². The lowest BCUT2D eigenvalue weighted by Gasteiger charge is -2.28. The van der Waals surface area contributed by atoms with E-state index in [0.717, 1.165) is 43.2 Å². The minimum absolute atomic E-state index is 0.00623. The van der Waals surface area contributed by atoms with E-state index in [-0.39, 0.29) is 12.5 Å². The van der Waals surface area contributed by atoms with Crippen LogP contribution in [-0.2, 0) is 9.53 Å². The second kappa shape index (κ2) is 8.03. The highest BCUT2D eigenvalue weighted by Gasteiger charge is 2.11. The standard InChI is InChI=1S/C20H24N2O3/c1-15-3-8-19(13-16(15)2)25-14-20(23)21-17-4-6-18(7-5-17)22-9-11-24-12-10-22/h3-8,13H,9-12,14H2,1-2H3,(H,21,23). The maximum Gasteiger partial charge on any atom is 0.262 e. The molecule has 0 aromatic heterocycles. The number of ether oxygens (including phenoxy) is 2. The van der Waals surface area contributed by atoms with Gasteiger partial charge >= 0.3 is 0 Å². The molecule has 0 atom stereocenters. The molecule has 1 aliphatic rings. The number of hydrogen-bond acceptors (Lipinski definition) is 4. The molecule has 5 nitrogen and oxygen atoms in total. The Labute approximate surface area is 148 Å². The van der Waals surface area contributed by atoms with Gasteiger partial charge in [0.25, 0.3) is 5.91 Å². The molecule has 1 amide bonds. The van der Waals surface area contributed by atoms with Crippen molar-refractivity contribution in [3.8, 4) is 5.75 Å². The minimum atomic E-state index is -0.169. The van der Waals surface area contributed by atoms with Gasteiger partial charge in [0.15, 0.2) is 6.61 Å². The molecule has 1 heterocycles. The molecule has 1 fully saturated rings. The average molecular weight is 340 g/mol. The van der Waals surface area contributed by atoms with Crippen LogP contribution in [0.4, 0.5) is 11.4 Å². The molecule has 3 rings (SSSR count). The maximum absolute atomic E-state index is 12.1. The van der Waals surface area contributed by atoms with Crippen molar-refractivity contribution < 1.29 is 14.3 Å². The first-order chi connectivity index (χ1) is 12.1. The van der Waals surface area contributed by atoms with E-state index in [0.29, 0.717) is 5.75 Å². The summed E-state index contributed by atoms with van der Waals surface area (Å²) in [5.41, 5.74) is 4.27. The van der Waals surface area contributed by atoms with Crippen LogP contribution in [0, 0.1) is 13.8 Å². The number of anilines is 2. The molecule has 0 spiro atoms. The number of benzene rings is 2. The van der Waals surface area contributed by atoms with Crippen LogP contribution in [-0.4, -0.2) is 38.8 Å². The molecular formula is C20H24N2O3. The van der Waals surface area contributed by atoms with Gasteiger partial charge in [-0.3, -0.25) is 4.79 Å². The predicted octanol–water partition coefficient (Wildman–Crippen LogP) is 3.16. The number of carbonyl (C=O) groups is 1.